The van der Waals surface area contributed by atoms with Crippen molar-refractivity contribution in [1.82, 2.24) is 10.6 Å². The topological polar surface area (TPSA) is 39.7 Å². The molecular formula is C20H28FIN4S. The van der Waals surface area contributed by atoms with E-state index >= 15 is 0 Å². The minimum Gasteiger partial charge on any atom is -0.363 e. The Morgan fingerprint density at radius 1 is 1.22 bits per heavy atom. The summed E-state index contributed by atoms with van der Waals surface area (Å²) in [5.74, 6) is 0.681. The van der Waals surface area contributed by atoms with E-state index in [1.165, 1.54) is 11.1 Å². The summed E-state index contributed by atoms with van der Waals surface area (Å²) in [5, 5.41) is 10.3. The van der Waals surface area contributed by atoms with Crippen molar-refractivity contribution in [2.45, 2.75) is 32.2 Å². The van der Waals surface area contributed by atoms with Crippen molar-refractivity contribution >= 4 is 46.3 Å². The fourth-order valence-corrected chi connectivity index (χ4v) is 3.98. The summed E-state index contributed by atoms with van der Waals surface area (Å²) in [6, 6.07) is 11.6. The third kappa shape index (κ3) is 6.64. The van der Waals surface area contributed by atoms with Crippen molar-refractivity contribution in [3.8, 4) is 0 Å². The molecule has 0 atom stereocenters. The zero-order valence-electron chi connectivity index (χ0n) is 15.7. The molecule has 1 fully saturated rings. The first-order valence-electron chi connectivity index (χ1n) is 9.33. The highest BCUT2D eigenvalue weighted by molar-refractivity contribution is 14.0. The number of anilines is 1. The smallest absolute Gasteiger partial charge is 0.191 e. The predicted octanol–water partition coefficient (Wildman–Crippen LogP) is 4.27. The molecule has 1 saturated heterocycles. The monoisotopic (exact) mass is 502 g/mol. The maximum absolute atomic E-state index is 13.7. The average molecular weight is 502 g/mol. The molecule has 4 nitrogen and oxygen atoms in total. The van der Waals surface area contributed by atoms with E-state index in [-0.39, 0.29) is 29.8 Å². The molecule has 27 heavy (non-hydrogen) atoms. The van der Waals surface area contributed by atoms with Gasteiger partial charge in [0, 0.05) is 32.2 Å². The van der Waals surface area contributed by atoms with E-state index in [2.05, 4.69) is 45.0 Å². The fourth-order valence-electron chi connectivity index (χ4n) is 3.20. The fraction of sp³-hybridized carbons (Fsp3) is 0.450. The highest BCUT2D eigenvalue weighted by atomic mass is 127. The number of thiophene rings is 1. The zero-order valence-corrected chi connectivity index (χ0v) is 18.8. The molecule has 1 aliphatic heterocycles. The lowest BCUT2D eigenvalue weighted by Gasteiger charge is -2.33. The van der Waals surface area contributed by atoms with Gasteiger partial charge in [0.15, 0.2) is 5.96 Å². The van der Waals surface area contributed by atoms with E-state index in [0.29, 0.717) is 19.0 Å². The van der Waals surface area contributed by atoms with Gasteiger partial charge in [0.05, 0.1) is 5.00 Å². The molecule has 0 unspecified atom stereocenters. The number of nitrogens with zero attached hydrogens (tertiary/aromatic N) is 2. The second-order valence-electron chi connectivity index (χ2n) is 6.46. The Morgan fingerprint density at radius 2 is 2.00 bits per heavy atom. The molecule has 1 aromatic heterocycles. The first-order chi connectivity index (χ1) is 12.8. The first-order valence-corrected chi connectivity index (χ1v) is 10.2. The summed E-state index contributed by atoms with van der Waals surface area (Å²) < 4.78 is 13.7. The molecule has 1 aromatic carbocycles. The summed E-state index contributed by atoms with van der Waals surface area (Å²) in [6.07, 6.45) is 2.80. The zero-order chi connectivity index (χ0) is 18.2. The van der Waals surface area contributed by atoms with Gasteiger partial charge in [-0.05, 0) is 55.3 Å². The molecule has 0 amide bonds. The van der Waals surface area contributed by atoms with Crippen LogP contribution in [0.1, 0.15) is 25.3 Å². The van der Waals surface area contributed by atoms with Crippen molar-refractivity contribution in [2.75, 3.05) is 31.1 Å². The second-order valence-corrected chi connectivity index (χ2v) is 7.39. The van der Waals surface area contributed by atoms with Crippen LogP contribution in [0.15, 0.2) is 46.8 Å². The number of rotatable bonds is 6. The summed E-state index contributed by atoms with van der Waals surface area (Å²) in [6.45, 7) is 5.58. The molecule has 0 spiro atoms. The molecule has 2 heterocycles. The minimum absolute atomic E-state index is 0. The van der Waals surface area contributed by atoms with Crippen LogP contribution in [-0.2, 0) is 6.42 Å². The number of nitrogens with one attached hydrogen (secondary N) is 2. The van der Waals surface area contributed by atoms with Gasteiger partial charge in [0.25, 0.3) is 0 Å². The van der Waals surface area contributed by atoms with E-state index in [1.807, 2.05) is 12.1 Å². The lowest BCUT2D eigenvalue weighted by molar-refractivity contribution is 0.463. The van der Waals surface area contributed by atoms with Gasteiger partial charge in [-0.1, -0.05) is 18.2 Å². The van der Waals surface area contributed by atoms with E-state index < -0.39 is 0 Å². The number of aliphatic imine (C=N–C) groups is 1. The molecule has 0 aliphatic carbocycles. The van der Waals surface area contributed by atoms with Crippen molar-refractivity contribution in [2.24, 2.45) is 4.99 Å². The van der Waals surface area contributed by atoms with Crippen LogP contribution in [0.25, 0.3) is 0 Å². The van der Waals surface area contributed by atoms with Gasteiger partial charge in [0.1, 0.15) is 5.82 Å². The largest absolute Gasteiger partial charge is 0.363 e. The van der Waals surface area contributed by atoms with Crippen molar-refractivity contribution in [1.29, 1.82) is 0 Å². The lowest BCUT2D eigenvalue weighted by Crippen LogP contribution is -2.48. The Hall–Kier alpha value is -1.35. The number of halogens is 2. The van der Waals surface area contributed by atoms with Gasteiger partial charge in [-0.2, -0.15) is 0 Å². The number of hydrogen-bond donors (Lipinski definition) is 2. The van der Waals surface area contributed by atoms with Crippen LogP contribution >= 0.6 is 35.3 Å². The summed E-state index contributed by atoms with van der Waals surface area (Å²) in [4.78, 5) is 7.08. The molecule has 2 N–H and O–H groups in total. The molecule has 1 aliphatic rings. The van der Waals surface area contributed by atoms with Crippen LogP contribution in [0.5, 0.6) is 0 Å². The highest BCUT2D eigenvalue weighted by Gasteiger charge is 2.20. The van der Waals surface area contributed by atoms with Gasteiger partial charge in [-0.3, -0.25) is 4.99 Å². The highest BCUT2D eigenvalue weighted by Crippen LogP contribution is 2.24. The van der Waals surface area contributed by atoms with Crippen molar-refractivity contribution in [3.63, 3.8) is 0 Å². The molecule has 3 rings (SSSR count). The molecule has 0 radical (unpaired) electrons. The van der Waals surface area contributed by atoms with Crippen LogP contribution in [0.4, 0.5) is 9.39 Å². The van der Waals surface area contributed by atoms with E-state index in [4.69, 9.17) is 0 Å². The Morgan fingerprint density at radius 3 is 2.67 bits per heavy atom. The average Bonchev–Trinajstić information content (AvgIpc) is 3.19. The Kier molecular flexibility index (Phi) is 9.33. The quantitative estimate of drug-likeness (QED) is 0.352. The first kappa shape index (κ1) is 21.9. The molecule has 2 aromatic rings. The van der Waals surface area contributed by atoms with Gasteiger partial charge in [-0.25, -0.2) is 4.39 Å². The van der Waals surface area contributed by atoms with Crippen LogP contribution in [-0.4, -0.2) is 38.2 Å². The SMILES string of the molecule is CCNC(=NCCc1ccccc1F)NC1CCN(c2cccs2)CC1.I. The second kappa shape index (κ2) is 11.5. The van der Waals surface area contributed by atoms with E-state index in [9.17, 15) is 4.39 Å². The van der Waals surface area contributed by atoms with Gasteiger partial charge >= 0.3 is 0 Å². The number of guanidine groups is 1. The summed E-state index contributed by atoms with van der Waals surface area (Å²) in [5.41, 5.74) is 0.719. The van der Waals surface area contributed by atoms with E-state index in [1.54, 1.807) is 17.4 Å². The molecular weight excluding hydrogens is 474 g/mol. The third-order valence-corrected chi connectivity index (χ3v) is 5.54. The maximum atomic E-state index is 13.7. The van der Waals surface area contributed by atoms with Crippen LogP contribution < -0.4 is 15.5 Å². The minimum atomic E-state index is -0.151. The maximum Gasteiger partial charge on any atom is 0.191 e. The summed E-state index contributed by atoms with van der Waals surface area (Å²) in [7, 11) is 0. The van der Waals surface area contributed by atoms with Crippen LogP contribution in [0.2, 0.25) is 0 Å². The van der Waals surface area contributed by atoms with Gasteiger partial charge in [-0.15, -0.1) is 35.3 Å². The molecule has 0 saturated carbocycles. The number of benzene rings is 1. The van der Waals surface area contributed by atoms with Crippen LogP contribution in [0.3, 0.4) is 0 Å². The summed E-state index contributed by atoms with van der Waals surface area (Å²) >= 11 is 1.80. The number of piperidine rings is 1. The van der Waals surface area contributed by atoms with Crippen LogP contribution in [0, 0.1) is 5.82 Å². The number of hydrogen-bond acceptors (Lipinski definition) is 3. The Labute approximate surface area is 182 Å². The van der Waals surface area contributed by atoms with E-state index in [0.717, 1.165) is 44.0 Å². The van der Waals surface area contributed by atoms with Gasteiger partial charge < -0.3 is 15.5 Å². The lowest BCUT2D eigenvalue weighted by atomic mass is 10.1. The van der Waals surface area contributed by atoms with Crippen molar-refractivity contribution < 1.29 is 4.39 Å². The van der Waals surface area contributed by atoms with Gasteiger partial charge in [0.2, 0.25) is 0 Å². The normalized spacial score (nSPS) is 15.3. The Bertz CT molecular complexity index is 700. The standard InChI is InChI=1S/C20H27FN4S.HI/c1-2-22-20(23-12-9-16-6-3-4-7-18(16)21)24-17-10-13-25(14-11-17)19-8-5-15-26-19;/h3-8,15,17H,2,9-14H2,1H3,(H2,22,23,24);1H. The predicted molar refractivity (Wildman–Crippen MR) is 124 cm³/mol. The molecule has 7 heteroatoms. The third-order valence-electron chi connectivity index (χ3n) is 4.61. The molecule has 0 bridgehead atoms. The van der Waals surface area contributed by atoms with Crippen molar-refractivity contribution in [3.05, 3.63) is 53.2 Å². The molecule has 148 valence electrons. The Balaban J connectivity index is 0.00000261.